The van der Waals surface area contributed by atoms with Crippen molar-refractivity contribution >= 4 is 22.7 Å². The predicted molar refractivity (Wildman–Crippen MR) is 139 cm³/mol. The van der Waals surface area contributed by atoms with Crippen molar-refractivity contribution in [1.82, 2.24) is 20.9 Å². The van der Waals surface area contributed by atoms with Crippen LogP contribution in [0.15, 0.2) is 78.9 Å². The molecular weight excluding hydrogens is 456 g/mol. The fourth-order valence-electron chi connectivity index (χ4n) is 3.83. The summed E-state index contributed by atoms with van der Waals surface area (Å²) in [5.74, 6) is -1.38. The Labute approximate surface area is 209 Å². The number of hydrogen-bond acceptors (Lipinski definition) is 6. The Morgan fingerprint density at radius 1 is 0.722 bits per heavy atom. The normalized spacial score (nSPS) is 10.8. The van der Waals surface area contributed by atoms with Crippen LogP contribution in [0.25, 0.3) is 22.2 Å². The monoisotopic (exact) mass is 484 g/mol. The SMILES string of the molecule is O=C(NCCNCCCNC(=O)c1cc(-c2ccccc2)nc2ccccc12)c1cccc(O)c1O. The standard InChI is InChI=1S/C28H28N4O4/c33-25-13-6-11-21(26(25)34)27(35)31-17-16-29-14-7-15-30-28(36)22-18-24(19-8-2-1-3-9-19)32-23-12-5-4-10-20(22)23/h1-6,8-13,18,29,33-34H,7,14-17H2,(H,30,36)(H,31,35). The minimum absolute atomic E-state index is 0.0248. The van der Waals surface area contributed by atoms with Crippen LogP contribution in [0.1, 0.15) is 27.1 Å². The van der Waals surface area contributed by atoms with Gasteiger partial charge in [-0.1, -0.05) is 54.6 Å². The van der Waals surface area contributed by atoms with E-state index in [2.05, 4.69) is 16.0 Å². The summed E-state index contributed by atoms with van der Waals surface area (Å²) in [6, 6.07) is 23.5. The fraction of sp³-hybridized carbons (Fsp3) is 0.179. The highest BCUT2D eigenvalue weighted by Crippen LogP contribution is 2.28. The molecule has 5 N–H and O–H groups in total. The van der Waals surface area contributed by atoms with Gasteiger partial charge in [0.15, 0.2) is 11.5 Å². The van der Waals surface area contributed by atoms with Crippen LogP contribution in [0, 0.1) is 0 Å². The lowest BCUT2D eigenvalue weighted by atomic mass is 10.0. The van der Waals surface area contributed by atoms with Gasteiger partial charge in [-0.05, 0) is 37.2 Å². The van der Waals surface area contributed by atoms with Crippen LogP contribution < -0.4 is 16.0 Å². The number of benzene rings is 3. The zero-order valence-corrected chi connectivity index (χ0v) is 19.7. The maximum absolute atomic E-state index is 13.0. The second-order valence-corrected chi connectivity index (χ2v) is 8.23. The summed E-state index contributed by atoms with van der Waals surface area (Å²) in [6.07, 6.45) is 0.710. The molecule has 0 bridgehead atoms. The number of aromatic hydroxyl groups is 2. The van der Waals surface area contributed by atoms with Gasteiger partial charge in [-0.3, -0.25) is 9.59 Å². The van der Waals surface area contributed by atoms with Crippen molar-refractivity contribution in [2.45, 2.75) is 6.42 Å². The van der Waals surface area contributed by atoms with Gasteiger partial charge < -0.3 is 26.2 Å². The van der Waals surface area contributed by atoms with Crippen molar-refractivity contribution in [3.63, 3.8) is 0 Å². The number of fused-ring (bicyclic) bond motifs is 1. The minimum Gasteiger partial charge on any atom is -0.504 e. The van der Waals surface area contributed by atoms with Crippen LogP contribution in [-0.4, -0.2) is 53.2 Å². The second-order valence-electron chi connectivity index (χ2n) is 8.23. The van der Waals surface area contributed by atoms with Crippen molar-refractivity contribution in [3.8, 4) is 22.8 Å². The van der Waals surface area contributed by atoms with E-state index < -0.39 is 11.7 Å². The molecule has 4 rings (SSSR count). The molecule has 1 aromatic heterocycles. The van der Waals surface area contributed by atoms with Crippen LogP contribution in [0.4, 0.5) is 0 Å². The van der Waals surface area contributed by atoms with Gasteiger partial charge in [0, 0.05) is 30.6 Å². The summed E-state index contributed by atoms with van der Waals surface area (Å²) in [4.78, 5) is 29.8. The summed E-state index contributed by atoms with van der Waals surface area (Å²) >= 11 is 0. The molecule has 0 aliphatic carbocycles. The number of phenols is 2. The number of para-hydroxylation sites is 2. The summed E-state index contributed by atoms with van der Waals surface area (Å²) in [5.41, 5.74) is 3.09. The number of nitrogens with one attached hydrogen (secondary N) is 3. The molecule has 8 heteroatoms. The molecule has 0 aliphatic rings. The Hall–Kier alpha value is -4.43. The van der Waals surface area contributed by atoms with Crippen molar-refractivity contribution in [1.29, 1.82) is 0 Å². The first-order valence-electron chi connectivity index (χ1n) is 11.8. The first-order chi connectivity index (χ1) is 17.5. The van der Waals surface area contributed by atoms with Crippen LogP contribution in [0.3, 0.4) is 0 Å². The fourth-order valence-corrected chi connectivity index (χ4v) is 3.83. The minimum atomic E-state index is -0.461. The Morgan fingerprint density at radius 2 is 1.44 bits per heavy atom. The molecule has 0 fully saturated rings. The number of amides is 2. The smallest absolute Gasteiger partial charge is 0.255 e. The van der Waals surface area contributed by atoms with E-state index in [9.17, 15) is 19.8 Å². The van der Waals surface area contributed by atoms with E-state index >= 15 is 0 Å². The van der Waals surface area contributed by atoms with Gasteiger partial charge in [-0.15, -0.1) is 0 Å². The molecule has 0 saturated heterocycles. The number of carbonyl (C=O) groups excluding carboxylic acids is 2. The number of phenolic OH excluding ortho intramolecular Hbond substituents is 2. The molecule has 0 aliphatic heterocycles. The molecule has 1 heterocycles. The Balaban J connectivity index is 1.24. The van der Waals surface area contributed by atoms with Crippen LogP contribution in [-0.2, 0) is 0 Å². The van der Waals surface area contributed by atoms with Gasteiger partial charge in [0.25, 0.3) is 11.8 Å². The van der Waals surface area contributed by atoms with E-state index in [4.69, 9.17) is 4.98 Å². The van der Waals surface area contributed by atoms with Crippen molar-refractivity contribution in [2.24, 2.45) is 0 Å². The lowest BCUT2D eigenvalue weighted by Crippen LogP contribution is -2.33. The van der Waals surface area contributed by atoms with E-state index in [0.717, 1.165) is 22.2 Å². The molecule has 0 atom stereocenters. The first-order valence-corrected chi connectivity index (χ1v) is 11.8. The summed E-state index contributed by atoms with van der Waals surface area (Å²) in [5, 5.41) is 28.9. The van der Waals surface area contributed by atoms with E-state index in [0.29, 0.717) is 38.2 Å². The van der Waals surface area contributed by atoms with Crippen molar-refractivity contribution in [2.75, 3.05) is 26.2 Å². The third kappa shape index (κ3) is 5.97. The van der Waals surface area contributed by atoms with Crippen molar-refractivity contribution in [3.05, 3.63) is 90.0 Å². The van der Waals surface area contributed by atoms with Gasteiger partial charge in [0.05, 0.1) is 22.3 Å². The summed E-state index contributed by atoms with van der Waals surface area (Å²) in [6.45, 7) is 2.02. The van der Waals surface area contributed by atoms with Crippen LogP contribution >= 0.6 is 0 Å². The van der Waals surface area contributed by atoms with E-state index in [1.165, 1.54) is 18.2 Å². The number of rotatable bonds is 10. The molecular formula is C28H28N4O4. The number of nitrogens with zero attached hydrogens (tertiary/aromatic N) is 1. The molecule has 2 amide bonds. The van der Waals surface area contributed by atoms with E-state index in [-0.39, 0.29) is 17.2 Å². The van der Waals surface area contributed by atoms with E-state index in [1.807, 2.05) is 60.7 Å². The highest BCUT2D eigenvalue weighted by atomic mass is 16.3. The van der Waals surface area contributed by atoms with Gasteiger partial charge in [-0.2, -0.15) is 0 Å². The highest BCUT2D eigenvalue weighted by Gasteiger charge is 2.14. The Kier molecular flexibility index (Phi) is 8.10. The maximum atomic E-state index is 13.0. The zero-order chi connectivity index (χ0) is 25.3. The molecule has 0 radical (unpaired) electrons. The topological polar surface area (TPSA) is 124 Å². The van der Waals surface area contributed by atoms with Gasteiger partial charge in [0.2, 0.25) is 0 Å². The molecule has 184 valence electrons. The average Bonchev–Trinajstić information content (AvgIpc) is 2.91. The molecule has 8 nitrogen and oxygen atoms in total. The van der Waals surface area contributed by atoms with Gasteiger partial charge >= 0.3 is 0 Å². The average molecular weight is 485 g/mol. The quantitative estimate of drug-likeness (QED) is 0.174. The van der Waals surface area contributed by atoms with E-state index in [1.54, 1.807) is 0 Å². The summed E-state index contributed by atoms with van der Waals surface area (Å²) < 4.78 is 0. The lowest BCUT2D eigenvalue weighted by molar-refractivity contribution is 0.0942. The van der Waals surface area contributed by atoms with Gasteiger partial charge in [-0.25, -0.2) is 4.98 Å². The van der Waals surface area contributed by atoms with Crippen LogP contribution in [0.2, 0.25) is 0 Å². The largest absolute Gasteiger partial charge is 0.504 e. The zero-order valence-electron chi connectivity index (χ0n) is 19.7. The number of aromatic nitrogens is 1. The molecule has 0 unspecified atom stereocenters. The first kappa shape index (κ1) is 24.7. The lowest BCUT2D eigenvalue weighted by Gasteiger charge is -2.11. The van der Waals surface area contributed by atoms with Crippen LogP contribution in [0.5, 0.6) is 11.5 Å². The molecule has 3 aromatic carbocycles. The van der Waals surface area contributed by atoms with Crippen molar-refractivity contribution < 1.29 is 19.8 Å². The second kappa shape index (κ2) is 11.8. The predicted octanol–water partition coefficient (Wildman–Crippen LogP) is 3.45. The number of hydrogen-bond donors (Lipinski definition) is 5. The molecule has 0 spiro atoms. The van der Waals surface area contributed by atoms with Gasteiger partial charge in [0.1, 0.15) is 0 Å². The Bertz CT molecular complexity index is 1360. The Morgan fingerprint density at radius 3 is 2.28 bits per heavy atom. The maximum Gasteiger partial charge on any atom is 0.255 e. The third-order valence-electron chi connectivity index (χ3n) is 5.69. The highest BCUT2D eigenvalue weighted by molar-refractivity contribution is 6.07. The third-order valence-corrected chi connectivity index (χ3v) is 5.69. The molecule has 36 heavy (non-hydrogen) atoms. The molecule has 4 aromatic rings. The number of carbonyl (C=O) groups is 2. The summed E-state index contributed by atoms with van der Waals surface area (Å²) in [7, 11) is 0. The molecule has 0 saturated carbocycles. The number of pyridine rings is 1.